The Labute approximate surface area is 236 Å². The standard InChI is InChI=1S/C20H19N3O7.C9H10O2/c1-29-19(17(24)14-7-9-15(10-8-14)23(27)28)22-11-16(18(22)25)21-20(26)30-12-13-5-3-2-4-6-13;1-2-9(10)11-8-6-4-3-5-7-8/h2-10,16,19H,11-12H2,1H3,(H,21,26);3-7H,2H2,1H3. The van der Waals surface area contributed by atoms with E-state index in [9.17, 15) is 29.3 Å². The molecule has 0 bridgehead atoms. The number of rotatable bonds is 10. The lowest BCUT2D eigenvalue weighted by Crippen LogP contribution is -2.68. The van der Waals surface area contributed by atoms with Crippen LogP contribution in [-0.4, -0.2) is 59.5 Å². The number of hydrogen-bond donors (Lipinski definition) is 1. The number of Topliss-reactive ketones (excluding diaryl/α,β-unsaturated/α-hetero) is 1. The van der Waals surface area contributed by atoms with Gasteiger partial charge < -0.3 is 24.4 Å². The number of ketones is 1. The second-order valence-electron chi connectivity index (χ2n) is 8.65. The number of nitro benzene ring substituents is 1. The molecule has 2 unspecified atom stereocenters. The van der Waals surface area contributed by atoms with Gasteiger partial charge >= 0.3 is 12.1 Å². The quantitative estimate of drug-likeness (QED) is 0.0966. The Morgan fingerprint density at radius 3 is 2.15 bits per heavy atom. The summed E-state index contributed by atoms with van der Waals surface area (Å²) in [4.78, 5) is 59.0. The van der Waals surface area contributed by atoms with E-state index in [4.69, 9.17) is 14.2 Å². The summed E-state index contributed by atoms with van der Waals surface area (Å²) in [5.74, 6) is -0.602. The van der Waals surface area contributed by atoms with Crippen LogP contribution in [0.2, 0.25) is 0 Å². The molecule has 41 heavy (non-hydrogen) atoms. The van der Waals surface area contributed by atoms with Crippen molar-refractivity contribution >= 4 is 29.4 Å². The lowest BCUT2D eigenvalue weighted by atomic mass is 10.0. The van der Waals surface area contributed by atoms with Crippen LogP contribution in [0.4, 0.5) is 10.5 Å². The number of carbonyl (C=O) groups is 4. The minimum atomic E-state index is -1.20. The second kappa shape index (κ2) is 14.9. The number of methoxy groups -OCH3 is 1. The largest absolute Gasteiger partial charge is 0.445 e. The number of para-hydroxylation sites is 1. The number of benzene rings is 3. The maximum absolute atomic E-state index is 12.6. The van der Waals surface area contributed by atoms with Crippen LogP contribution in [0.15, 0.2) is 84.9 Å². The van der Waals surface area contributed by atoms with Gasteiger partial charge in [0.05, 0.1) is 11.5 Å². The third-order valence-corrected chi connectivity index (χ3v) is 5.82. The number of hydrogen-bond acceptors (Lipinski definition) is 9. The first-order valence-corrected chi connectivity index (χ1v) is 12.6. The third kappa shape index (κ3) is 8.70. The summed E-state index contributed by atoms with van der Waals surface area (Å²) in [6.07, 6.45) is -1.53. The number of amides is 2. The summed E-state index contributed by atoms with van der Waals surface area (Å²) in [6.45, 7) is 1.90. The number of β-lactam (4-membered cyclic amide) rings is 1. The molecular weight excluding hydrogens is 534 g/mol. The third-order valence-electron chi connectivity index (χ3n) is 5.82. The summed E-state index contributed by atoms with van der Waals surface area (Å²) in [6, 6.07) is 22.3. The minimum Gasteiger partial charge on any atom is -0.445 e. The Kier molecular flexibility index (Phi) is 11.1. The highest BCUT2D eigenvalue weighted by Crippen LogP contribution is 2.20. The van der Waals surface area contributed by atoms with Gasteiger partial charge in [0.15, 0.2) is 6.23 Å². The Morgan fingerprint density at radius 2 is 1.61 bits per heavy atom. The van der Waals surface area contributed by atoms with Crippen LogP contribution in [0.1, 0.15) is 29.3 Å². The first-order valence-electron chi connectivity index (χ1n) is 12.6. The SMILES string of the molecule is CCC(=O)Oc1ccccc1.COC(C(=O)c1ccc([N+](=O)[O-])cc1)N1CC(NC(=O)OCc2ccccc2)C1=O. The zero-order chi connectivity index (χ0) is 29.8. The summed E-state index contributed by atoms with van der Waals surface area (Å²) in [7, 11) is 1.27. The van der Waals surface area contributed by atoms with Crippen molar-refractivity contribution < 1.29 is 38.3 Å². The number of nitro groups is 1. The Balaban J connectivity index is 0.000000352. The van der Waals surface area contributed by atoms with Crippen LogP contribution in [0.3, 0.4) is 0 Å². The smallest absolute Gasteiger partial charge is 0.408 e. The average molecular weight is 564 g/mol. The Bertz CT molecular complexity index is 1350. The molecule has 1 aliphatic rings. The molecular formula is C29H29N3O9. The summed E-state index contributed by atoms with van der Waals surface area (Å²) >= 11 is 0. The second-order valence-corrected chi connectivity index (χ2v) is 8.65. The Morgan fingerprint density at radius 1 is 1.00 bits per heavy atom. The van der Waals surface area contributed by atoms with E-state index in [1.54, 1.807) is 31.2 Å². The monoisotopic (exact) mass is 563 g/mol. The predicted molar refractivity (Wildman–Crippen MR) is 146 cm³/mol. The topological polar surface area (TPSA) is 154 Å². The van der Waals surface area contributed by atoms with E-state index in [-0.39, 0.29) is 30.4 Å². The van der Waals surface area contributed by atoms with Gasteiger partial charge in [0.25, 0.3) is 5.69 Å². The molecule has 0 spiro atoms. The lowest BCUT2D eigenvalue weighted by molar-refractivity contribution is -0.384. The van der Waals surface area contributed by atoms with Crippen molar-refractivity contribution in [3.63, 3.8) is 0 Å². The molecule has 0 radical (unpaired) electrons. The normalized spacial score (nSPS) is 14.4. The van der Waals surface area contributed by atoms with Crippen LogP contribution in [0.25, 0.3) is 0 Å². The molecule has 0 aromatic heterocycles. The number of nitrogens with one attached hydrogen (secondary N) is 1. The molecule has 1 saturated heterocycles. The summed E-state index contributed by atoms with van der Waals surface area (Å²) in [5.41, 5.74) is 0.820. The van der Waals surface area contributed by atoms with E-state index in [1.165, 1.54) is 36.3 Å². The maximum atomic E-state index is 12.6. The molecule has 1 N–H and O–H groups in total. The highest BCUT2D eigenvalue weighted by molar-refractivity contribution is 6.03. The fourth-order valence-electron chi connectivity index (χ4n) is 3.64. The fraction of sp³-hybridized carbons (Fsp3) is 0.241. The van der Waals surface area contributed by atoms with Crippen molar-refractivity contribution in [1.82, 2.24) is 10.2 Å². The zero-order valence-electron chi connectivity index (χ0n) is 22.4. The van der Waals surface area contributed by atoms with Gasteiger partial charge in [0.2, 0.25) is 11.7 Å². The van der Waals surface area contributed by atoms with Crippen molar-refractivity contribution in [3.8, 4) is 5.75 Å². The van der Waals surface area contributed by atoms with Crippen molar-refractivity contribution in [1.29, 1.82) is 0 Å². The van der Waals surface area contributed by atoms with Gasteiger partial charge in [0.1, 0.15) is 18.4 Å². The Hall–Kier alpha value is -5.10. The molecule has 3 aromatic rings. The van der Waals surface area contributed by atoms with Crippen LogP contribution in [-0.2, 0) is 25.7 Å². The molecule has 1 aliphatic heterocycles. The van der Waals surface area contributed by atoms with Crippen molar-refractivity contribution in [3.05, 3.63) is 106 Å². The molecule has 12 nitrogen and oxygen atoms in total. The zero-order valence-corrected chi connectivity index (χ0v) is 22.4. The van der Waals surface area contributed by atoms with E-state index in [0.717, 1.165) is 5.56 Å². The van der Waals surface area contributed by atoms with Crippen LogP contribution < -0.4 is 10.1 Å². The highest BCUT2D eigenvalue weighted by atomic mass is 16.6. The van der Waals surface area contributed by atoms with Gasteiger partial charge in [0, 0.05) is 31.2 Å². The highest BCUT2D eigenvalue weighted by Gasteiger charge is 2.45. The lowest BCUT2D eigenvalue weighted by Gasteiger charge is -2.41. The molecule has 12 heteroatoms. The van der Waals surface area contributed by atoms with E-state index < -0.39 is 35.0 Å². The van der Waals surface area contributed by atoms with Gasteiger partial charge in [-0.05, 0) is 29.8 Å². The average Bonchev–Trinajstić information content (AvgIpc) is 3.00. The maximum Gasteiger partial charge on any atom is 0.408 e. The number of carbonyl (C=O) groups excluding carboxylic acids is 4. The molecule has 2 amide bonds. The predicted octanol–water partition coefficient (Wildman–Crippen LogP) is 3.89. The summed E-state index contributed by atoms with van der Waals surface area (Å²) < 4.78 is 15.2. The molecule has 1 heterocycles. The van der Waals surface area contributed by atoms with Crippen LogP contribution in [0, 0.1) is 10.1 Å². The first-order chi connectivity index (χ1) is 19.7. The molecule has 2 atom stereocenters. The first kappa shape index (κ1) is 30.4. The van der Waals surface area contributed by atoms with Crippen molar-refractivity contribution in [2.75, 3.05) is 13.7 Å². The van der Waals surface area contributed by atoms with Gasteiger partial charge in [-0.25, -0.2) is 4.79 Å². The number of nitrogens with zero attached hydrogens (tertiary/aromatic N) is 2. The number of ether oxygens (including phenoxy) is 3. The number of esters is 1. The van der Waals surface area contributed by atoms with E-state index in [1.807, 2.05) is 36.4 Å². The summed E-state index contributed by atoms with van der Waals surface area (Å²) in [5, 5.41) is 13.2. The number of likely N-dealkylation sites (tertiary alicyclic amines) is 1. The molecule has 0 aliphatic carbocycles. The molecule has 3 aromatic carbocycles. The molecule has 214 valence electrons. The van der Waals surface area contributed by atoms with Gasteiger partial charge in [-0.1, -0.05) is 55.5 Å². The van der Waals surface area contributed by atoms with Crippen molar-refractivity contribution in [2.24, 2.45) is 0 Å². The fourth-order valence-corrected chi connectivity index (χ4v) is 3.64. The van der Waals surface area contributed by atoms with Crippen LogP contribution >= 0.6 is 0 Å². The van der Waals surface area contributed by atoms with E-state index in [0.29, 0.717) is 12.2 Å². The molecule has 1 fully saturated rings. The molecule has 4 rings (SSSR count). The number of alkyl carbamates (subject to hydrolysis) is 1. The van der Waals surface area contributed by atoms with Crippen LogP contribution in [0.5, 0.6) is 5.75 Å². The number of non-ortho nitro benzene ring substituents is 1. The van der Waals surface area contributed by atoms with Gasteiger partial charge in [-0.15, -0.1) is 0 Å². The van der Waals surface area contributed by atoms with Gasteiger partial charge in [-0.3, -0.25) is 24.5 Å². The van der Waals surface area contributed by atoms with Gasteiger partial charge in [-0.2, -0.15) is 0 Å². The molecule has 0 saturated carbocycles. The van der Waals surface area contributed by atoms with E-state index in [2.05, 4.69) is 5.32 Å². The van der Waals surface area contributed by atoms with E-state index >= 15 is 0 Å². The minimum absolute atomic E-state index is 0.0660. The van der Waals surface area contributed by atoms with Crippen molar-refractivity contribution in [2.45, 2.75) is 32.2 Å².